The molecule has 1 atom stereocenters. The molecule has 1 rings (SSSR count). The number of nitrogens with one attached hydrogen (secondary N) is 1. The second-order valence-electron chi connectivity index (χ2n) is 6.12. The highest BCUT2D eigenvalue weighted by Gasteiger charge is 2.63. The molecule has 0 aliphatic rings. The fourth-order valence-corrected chi connectivity index (χ4v) is 2.48. The van der Waals surface area contributed by atoms with Gasteiger partial charge < -0.3 is 24.8 Å². The predicted molar refractivity (Wildman–Crippen MR) is 96.0 cm³/mol. The topological polar surface area (TPSA) is 71.0 Å². The summed E-state index contributed by atoms with van der Waals surface area (Å²) in [6, 6.07) is 2.43. The van der Waals surface area contributed by atoms with Gasteiger partial charge in [0, 0.05) is 30.4 Å². The maximum absolute atomic E-state index is 13.6. The van der Waals surface area contributed by atoms with Crippen molar-refractivity contribution in [2.24, 2.45) is 0 Å². The number of ether oxygens (including phenoxy) is 2. The highest BCUT2D eigenvalue weighted by Crippen LogP contribution is 2.45. The lowest BCUT2D eigenvalue weighted by Crippen LogP contribution is -2.50. The summed E-state index contributed by atoms with van der Waals surface area (Å²) in [6.07, 6.45) is -5.28. The summed E-state index contributed by atoms with van der Waals surface area (Å²) in [5.74, 6) is -2.06. The molecule has 0 heterocycles. The molecule has 0 radical (unpaired) electrons. The number of nitrogens with zero attached hydrogens (tertiary/aromatic N) is 1. The van der Waals surface area contributed by atoms with Crippen molar-refractivity contribution in [2.45, 2.75) is 32.5 Å². The molecule has 2 N–H and O–H groups in total. The Morgan fingerprint density at radius 2 is 1.93 bits per heavy atom. The van der Waals surface area contributed by atoms with Crippen LogP contribution in [0.5, 0.6) is 5.75 Å². The summed E-state index contributed by atoms with van der Waals surface area (Å²) in [4.78, 5) is 14.1. The van der Waals surface area contributed by atoms with Gasteiger partial charge in [-0.2, -0.15) is 13.2 Å². The van der Waals surface area contributed by atoms with E-state index in [9.17, 15) is 23.1 Å². The molecule has 0 aliphatic heterocycles. The van der Waals surface area contributed by atoms with Gasteiger partial charge in [0.15, 0.2) is 0 Å². The number of rotatable bonds is 9. The predicted octanol–water partition coefficient (Wildman–Crippen LogP) is 2.68. The Hall–Kier alpha value is -2.00. The highest BCUT2D eigenvalue weighted by atomic mass is 19.4. The molecule has 0 aromatic heterocycles. The Morgan fingerprint density at radius 3 is 2.41 bits per heavy atom. The Balaban J connectivity index is 3.33. The van der Waals surface area contributed by atoms with E-state index in [1.165, 1.54) is 20.1 Å². The maximum Gasteiger partial charge on any atom is 0.432 e. The van der Waals surface area contributed by atoms with E-state index in [-0.39, 0.29) is 12.4 Å². The number of hydrogen-bond acceptors (Lipinski definition) is 6. The van der Waals surface area contributed by atoms with Crippen LogP contribution in [0.3, 0.4) is 0 Å². The lowest BCUT2D eigenvalue weighted by molar-refractivity contribution is -0.268. The summed E-state index contributed by atoms with van der Waals surface area (Å²) in [5, 5.41) is 13.4. The smallest absolute Gasteiger partial charge is 0.432 e. The number of aliphatic hydroxyl groups is 1. The van der Waals surface area contributed by atoms with Crippen molar-refractivity contribution in [3.05, 3.63) is 23.3 Å². The molecule has 1 aromatic rings. The monoisotopic (exact) mass is 392 g/mol. The van der Waals surface area contributed by atoms with Crippen molar-refractivity contribution < 1.29 is 32.5 Å². The molecule has 27 heavy (non-hydrogen) atoms. The number of anilines is 1. The Kier molecular flexibility index (Phi) is 7.91. The van der Waals surface area contributed by atoms with Crippen LogP contribution in [0.15, 0.2) is 12.1 Å². The first-order valence-corrected chi connectivity index (χ1v) is 8.60. The number of hydrogen-bond donors (Lipinski definition) is 2. The van der Waals surface area contributed by atoms with Crippen LogP contribution >= 0.6 is 0 Å². The number of alkyl halides is 3. The van der Waals surface area contributed by atoms with Crippen molar-refractivity contribution >= 4 is 11.7 Å². The van der Waals surface area contributed by atoms with E-state index in [4.69, 9.17) is 4.74 Å². The zero-order valence-electron chi connectivity index (χ0n) is 16.2. The molecule has 1 unspecified atom stereocenters. The maximum atomic E-state index is 13.6. The molecule has 0 saturated heterocycles. The molecule has 6 nitrogen and oxygen atoms in total. The van der Waals surface area contributed by atoms with Crippen molar-refractivity contribution in [1.29, 1.82) is 0 Å². The van der Waals surface area contributed by atoms with E-state index in [0.717, 1.165) is 19.2 Å². The third-order valence-electron chi connectivity index (χ3n) is 4.27. The van der Waals surface area contributed by atoms with Crippen molar-refractivity contribution in [3.8, 4) is 5.75 Å². The number of esters is 1. The normalized spacial score (nSPS) is 14.0. The second-order valence-corrected chi connectivity index (χ2v) is 6.12. The summed E-state index contributed by atoms with van der Waals surface area (Å²) in [5.41, 5.74) is -3.55. The average molecular weight is 392 g/mol. The van der Waals surface area contributed by atoms with Crippen LogP contribution < -0.4 is 10.1 Å². The van der Waals surface area contributed by atoms with E-state index >= 15 is 0 Å². The molecule has 0 bridgehead atoms. The molecule has 0 saturated carbocycles. The molecule has 0 fully saturated rings. The van der Waals surface area contributed by atoms with Crippen LogP contribution in [0.4, 0.5) is 18.9 Å². The SMILES string of the molecule is CCOC(=O)C(O)(c1cc(C)c(NCCN(C)CC)cc1OC)C(F)(F)F. The first-order chi connectivity index (χ1) is 12.5. The van der Waals surface area contributed by atoms with Gasteiger partial charge in [-0.1, -0.05) is 6.92 Å². The summed E-state index contributed by atoms with van der Waals surface area (Å²) < 4.78 is 50.4. The number of likely N-dealkylation sites (N-methyl/N-ethyl adjacent to an activating group) is 1. The molecule has 0 spiro atoms. The molecule has 154 valence electrons. The molecule has 9 heteroatoms. The van der Waals surface area contributed by atoms with Gasteiger partial charge >= 0.3 is 12.1 Å². The molecular formula is C18H27F3N2O4. The Morgan fingerprint density at radius 1 is 1.30 bits per heavy atom. The summed E-state index contributed by atoms with van der Waals surface area (Å²) in [6.45, 7) is 6.80. The van der Waals surface area contributed by atoms with Gasteiger partial charge in [0.05, 0.1) is 13.7 Å². The third-order valence-corrected chi connectivity index (χ3v) is 4.27. The molecule has 1 aromatic carbocycles. The zero-order valence-corrected chi connectivity index (χ0v) is 16.2. The van der Waals surface area contributed by atoms with E-state index in [1.807, 2.05) is 14.0 Å². The minimum atomic E-state index is -5.28. The second kappa shape index (κ2) is 9.27. The number of carbonyl (C=O) groups excluding carboxylic acids is 1. The fourth-order valence-electron chi connectivity index (χ4n) is 2.48. The fraction of sp³-hybridized carbons (Fsp3) is 0.611. The first kappa shape index (κ1) is 23.0. The van der Waals surface area contributed by atoms with Crippen LogP contribution in [0.1, 0.15) is 25.0 Å². The van der Waals surface area contributed by atoms with Crippen LogP contribution in [0.2, 0.25) is 0 Å². The Labute approximate surface area is 157 Å². The number of aryl methyl sites for hydroxylation is 1. The van der Waals surface area contributed by atoms with Crippen molar-refractivity contribution in [2.75, 3.05) is 45.7 Å². The molecule has 0 amide bonds. The van der Waals surface area contributed by atoms with Gasteiger partial charge in [0.25, 0.3) is 5.60 Å². The van der Waals surface area contributed by atoms with Crippen molar-refractivity contribution in [3.63, 3.8) is 0 Å². The van der Waals surface area contributed by atoms with Gasteiger partial charge in [0.1, 0.15) is 5.75 Å². The number of benzene rings is 1. The highest BCUT2D eigenvalue weighted by molar-refractivity contribution is 5.84. The van der Waals surface area contributed by atoms with Crippen LogP contribution in [0.25, 0.3) is 0 Å². The van der Waals surface area contributed by atoms with E-state index in [2.05, 4.69) is 15.0 Å². The molecular weight excluding hydrogens is 365 g/mol. The first-order valence-electron chi connectivity index (χ1n) is 8.60. The van der Waals surface area contributed by atoms with Gasteiger partial charge in [-0.3, -0.25) is 0 Å². The Bertz CT molecular complexity index is 652. The average Bonchev–Trinajstić information content (AvgIpc) is 2.60. The minimum Gasteiger partial charge on any atom is -0.496 e. The van der Waals surface area contributed by atoms with Gasteiger partial charge in [-0.15, -0.1) is 0 Å². The van der Waals surface area contributed by atoms with Gasteiger partial charge in [0.2, 0.25) is 0 Å². The summed E-state index contributed by atoms with van der Waals surface area (Å²) in [7, 11) is 3.12. The third kappa shape index (κ3) is 5.04. The van der Waals surface area contributed by atoms with Crippen LogP contribution in [0, 0.1) is 6.92 Å². The van der Waals surface area contributed by atoms with Crippen molar-refractivity contribution in [1.82, 2.24) is 4.90 Å². The quantitative estimate of drug-likeness (QED) is 0.630. The van der Waals surface area contributed by atoms with Crippen LogP contribution in [-0.2, 0) is 15.1 Å². The van der Waals surface area contributed by atoms with E-state index < -0.39 is 23.3 Å². The number of halogens is 3. The standard InChI is InChI=1S/C18H27F3N2O4/c1-6-23(4)9-8-22-14-11-15(26-5)13(10-12(14)3)17(25,18(19,20)21)16(24)27-7-2/h10-11,22,25H,6-9H2,1-5H3. The van der Waals surface area contributed by atoms with Crippen LogP contribution in [-0.4, -0.2) is 62.6 Å². The largest absolute Gasteiger partial charge is 0.496 e. The number of methoxy groups -OCH3 is 1. The van der Waals surface area contributed by atoms with E-state index in [1.54, 1.807) is 6.92 Å². The number of carbonyl (C=O) groups is 1. The zero-order chi connectivity index (χ0) is 20.8. The molecule has 0 aliphatic carbocycles. The van der Waals surface area contributed by atoms with Gasteiger partial charge in [-0.05, 0) is 39.1 Å². The minimum absolute atomic E-state index is 0.264. The summed E-state index contributed by atoms with van der Waals surface area (Å²) >= 11 is 0. The lowest BCUT2D eigenvalue weighted by Gasteiger charge is -2.30. The van der Waals surface area contributed by atoms with E-state index in [0.29, 0.717) is 17.8 Å². The lowest BCUT2D eigenvalue weighted by atomic mass is 9.90. The van der Waals surface area contributed by atoms with Gasteiger partial charge in [-0.25, -0.2) is 4.79 Å².